The van der Waals surface area contributed by atoms with Crippen molar-refractivity contribution in [1.82, 2.24) is 10.6 Å². The fraction of sp³-hybridized carbons (Fsp3) is 0.280. The number of carbonyl (C=O) groups excluding carboxylic acids is 2. The van der Waals surface area contributed by atoms with E-state index in [4.69, 9.17) is 0 Å². The molecule has 3 rings (SSSR count). The van der Waals surface area contributed by atoms with Crippen LogP contribution in [-0.2, 0) is 4.79 Å². The summed E-state index contributed by atoms with van der Waals surface area (Å²) in [5, 5.41) is 8.06. The third-order valence-corrected chi connectivity index (χ3v) is 5.91. The average Bonchev–Trinajstić information content (AvgIpc) is 3.27. The summed E-state index contributed by atoms with van der Waals surface area (Å²) in [6.07, 6.45) is 0.213. The molecular weight excluding hydrogens is 392 g/mol. The van der Waals surface area contributed by atoms with E-state index in [2.05, 4.69) is 48.7 Å². The minimum absolute atomic E-state index is 0.0952. The van der Waals surface area contributed by atoms with Crippen LogP contribution in [0.15, 0.2) is 72.1 Å². The smallest absolute Gasteiger partial charge is 0.251 e. The van der Waals surface area contributed by atoms with Gasteiger partial charge in [0.1, 0.15) is 0 Å². The number of nitrogens with one attached hydrogen (secondary N) is 2. The Kier molecular flexibility index (Phi) is 7.41. The van der Waals surface area contributed by atoms with E-state index in [9.17, 15) is 9.59 Å². The summed E-state index contributed by atoms with van der Waals surface area (Å²) in [6.45, 7) is 6.18. The number of rotatable bonds is 8. The van der Waals surface area contributed by atoms with Crippen molar-refractivity contribution in [1.29, 1.82) is 0 Å². The van der Waals surface area contributed by atoms with Gasteiger partial charge in [-0.3, -0.25) is 9.59 Å². The zero-order chi connectivity index (χ0) is 21.5. The molecule has 4 nitrogen and oxygen atoms in total. The van der Waals surface area contributed by atoms with Crippen molar-refractivity contribution in [3.63, 3.8) is 0 Å². The zero-order valence-corrected chi connectivity index (χ0v) is 18.4. The van der Waals surface area contributed by atoms with Crippen molar-refractivity contribution in [3.05, 3.63) is 93.7 Å². The Morgan fingerprint density at radius 1 is 0.833 bits per heavy atom. The first-order valence-electron chi connectivity index (χ1n) is 10.2. The maximum Gasteiger partial charge on any atom is 0.251 e. The molecular formula is C25H28N2O2S. The number of hydrogen-bond donors (Lipinski definition) is 2. The second-order valence-electron chi connectivity index (χ2n) is 7.78. The summed E-state index contributed by atoms with van der Waals surface area (Å²) in [5.41, 5.74) is 2.91. The molecule has 5 heteroatoms. The van der Waals surface area contributed by atoms with Crippen molar-refractivity contribution in [3.8, 4) is 0 Å². The molecule has 0 saturated carbocycles. The van der Waals surface area contributed by atoms with E-state index in [1.54, 1.807) is 23.5 Å². The van der Waals surface area contributed by atoms with Gasteiger partial charge < -0.3 is 10.6 Å². The summed E-state index contributed by atoms with van der Waals surface area (Å²) < 4.78 is 0. The molecule has 0 unspecified atom stereocenters. The van der Waals surface area contributed by atoms with Gasteiger partial charge in [0.05, 0.1) is 6.04 Å². The van der Waals surface area contributed by atoms with Crippen molar-refractivity contribution < 1.29 is 9.59 Å². The zero-order valence-electron chi connectivity index (χ0n) is 17.6. The first-order chi connectivity index (χ1) is 14.4. The minimum Gasteiger partial charge on any atom is -0.349 e. The third-order valence-electron chi connectivity index (χ3n) is 4.97. The molecule has 0 bridgehead atoms. The van der Waals surface area contributed by atoms with E-state index in [0.29, 0.717) is 11.5 Å². The Hall–Kier alpha value is -2.92. The van der Waals surface area contributed by atoms with Gasteiger partial charge in [0, 0.05) is 22.9 Å². The summed E-state index contributed by atoms with van der Waals surface area (Å²) in [4.78, 5) is 26.2. The SMILES string of the molecule is CC(C)c1ccc([C@@H](NC(=O)C[C@H](C)NC(=O)c2ccccc2)c2cccs2)cc1. The monoisotopic (exact) mass is 420 g/mol. The van der Waals surface area contributed by atoms with Gasteiger partial charge in [-0.1, -0.05) is 62.4 Å². The van der Waals surface area contributed by atoms with E-state index in [1.165, 1.54) is 5.56 Å². The predicted molar refractivity (Wildman–Crippen MR) is 123 cm³/mol. The summed E-state index contributed by atoms with van der Waals surface area (Å²) in [7, 11) is 0. The van der Waals surface area contributed by atoms with E-state index >= 15 is 0 Å². The molecule has 0 saturated heterocycles. The van der Waals surface area contributed by atoms with Gasteiger partial charge in [-0.15, -0.1) is 11.3 Å². The molecule has 2 aromatic carbocycles. The lowest BCUT2D eigenvalue weighted by atomic mass is 9.98. The lowest BCUT2D eigenvalue weighted by molar-refractivity contribution is -0.121. The van der Waals surface area contributed by atoms with E-state index in [1.807, 2.05) is 42.6 Å². The minimum atomic E-state index is -0.273. The standard InChI is InChI=1S/C25H28N2O2S/c1-17(2)19-11-13-20(14-12-19)24(22-10-7-15-30-22)27-23(28)16-18(3)26-25(29)21-8-5-4-6-9-21/h4-15,17-18,24H,16H2,1-3H3,(H,26,29)(H,27,28)/t18-,24+/m0/s1. The summed E-state index contributed by atoms with van der Waals surface area (Å²) >= 11 is 1.62. The predicted octanol–water partition coefficient (Wildman–Crippen LogP) is 5.29. The summed E-state index contributed by atoms with van der Waals surface area (Å²) in [5.74, 6) is 0.195. The molecule has 2 amide bonds. The van der Waals surface area contributed by atoms with Gasteiger partial charge in [0.2, 0.25) is 5.91 Å². The molecule has 0 fully saturated rings. The molecule has 1 heterocycles. The van der Waals surface area contributed by atoms with Crippen LogP contribution < -0.4 is 10.6 Å². The number of benzene rings is 2. The molecule has 2 atom stereocenters. The van der Waals surface area contributed by atoms with Crippen LogP contribution in [0.2, 0.25) is 0 Å². The van der Waals surface area contributed by atoms with E-state index in [0.717, 1.165) is 10.4 Å². The average molecular weight is 421 g/mol. The Bertz CT molecular complexity index is 951. The fourth-order valence-electron chi connectivity index (χ4n) is 3.29. The van der Waals surface area contributed by atoms with Crippen LogP contribution in [0.4, 0.5) is 0 Å². The molecule has 0 radical (unpaired) electrons. The highest BCUT2D eigenvalue weighted by molar-refractivity contribution is 7.10. The van der Waals surface area contributed by atoms with E-state index in [-0.39, 0.29) is 30.3 Å². The highest BCUT2D eigenvalue weighted by atomic mass is 32.1. The Morgan fingerprint density at radius 3 is 2.10 bits per heavy atom. The topological polar surface area (TPSA) is 58.2 Å². The normalized spacial score (nSPS) is 12.9. The van der Waals surface area contributed by atoms with Crippen LogP contribution in [0.1, 0.15) is 65.5 Å². The molecule has 156 valence electrons. The molecule has 0 aliphatic carbocycles. The van der Waals surface area contributed by atoms with Crippen LogP contribution in [-0.4, -0.2) is 17.9 Å². The maximum absolute atomic E-state index is 12.8. The van der Waals surface area contributed by atoms with Gasteiger partial charge in [0.25, 0.3) is 5.91 Å². The summed E-state index contributed by atoms with van der Waals surface area (Å²) in [6, 6.07) is 21.0. The van der Waals surface area contributed by atoms with E-state index < -0.39 is 0 Å². The lowest BCUT2D eigenvalue weighted by Crippen LogP contribution is -2.38. The molecule has 2 N–H and O–H groups in total. The second-order valence-corrected chi connectivity index (χ2v) is 8.76. The molecule has 0 spiro atoms. The Balaban J connectivity index is 1.65. The quantitative estimate of drug-likeness (QED) is 0.520. The molecule has 0 aliphatic heterocycles. The number of hydrogen-bond acceptors (Lipinski definition) is 3. The number of amides is 2. The maximum atomic E-state index is 12.8. The first-order valence-corrected chi connectivity index (χ1v) is 11.1. The third kappa shape index (κ3) is 5.80. The first kappa shape index (κ1) is 21.8. The molecule has 30 heavy (non-hydrogen) atoms. The second kappa shape index (κ2) is 10.2. The highest BCUT2D eigenvalue weighted by Gasteiger charge is 2.20. The largest absolute Gasteiger partial charge is 0.349 e. The van der Waals surface area contributed by atoms with Crippen LogP contribution >= 0.6 is 11.3 Å². The van der Waals surface area contributed by atoms with Crippen LogP contribution in [0, 0.1) is 0 Å². The van der Waals surface area contributed by atoms with Crippen LogP contribution in [0.3, 0.4) is 0 Å². The number of carbonyl (C=O) groups is 2. The molecule has 3 aromatic rings. The highest BCUT2D eigenvalue weighted by Crippen LogP contribution is 2.27. The number of thiophene rings is 1. The van der Waals surface area contributed by atoms with Gasteiger partial charge in [-0.05, 0) is 47.5 Å². The Morgan fingerprint density at radius 2 is 1.50 bits per heavy atom. The van der Waals surface area contributed by atoms with Gasteiger partial charge in [-0.2, -0.15) is 0 Å². The fourth-order valence-corrected chi connectivity index (χ4v) is 4.10. The molecule has 1 aromatic heterocycles. The Labute approximate surface area is 182 Å². The van der Waals surface area contributed by atoms with Gasteiger partial charge in [-0.25, -0.2) is 0 Å². The van der Waals surface area contributed by atoms with Crippen molar-refractivity contribution in [2.24, 2.45) is 0 Å². The van der Waals surface area contributed by atoms with Gasteiger partial charge >= 0.3 is 0 Å². The van der Waals surface area contributed by atoms with Crippen LogP contribution in [0.5, 0.6) is 0 Å². The van der Waals surface area contributed by atoms with Crippen molar-refractivity contribution in [2.45, 2.75) is 45.2 Å². The lowest BCUT2D eigenvalue weighted by Gasteiger charge is -2.21. The van der Waals surface area contributed by atoms with Crippen molar-refractivity contribution in [2.75, 3.05) is 0 Å². The van der Waals surface area contributed by atoms with Crippen molar-refractivity contribution >= 4 is 23.2 Å². The molecule has 0 aliphatic rings. The van der Waals surface area contributed by atoms with Crippen LogP contribution in [0.25, 0.3) is 0 Å². The van der Waals surface area contributed by atoms with Gasteiger partial charge in [0.15, 0.2) is 0 Å².